The molecule has 0 bridgehead atoms. The van der Waals surface area contributed by atoms with Gasteiger partial charge in [-0.1, -0.05) is 0 Å². The van der Waals surface area contributed by atoms with Crippen molar-refractivity contribution in [3.8, 4) is 0 Å². The van der Waals surface area contributed by atoms with Crippen LogP contribution in [0.1, 0.15) is 46.5 Å². The van der Waals surface area contributed by atoms with Crippen LogP contribution in [0.2, 0.25) is 0 Å². The minimum atomic E-state index is 0.360. The summed E-state index contributed by atoms with van der Waals surface area (Å²) in [5, 5.41) is 0. The fraction of sp³-hybridized carbons (Fsp3) is 1.00. The summed E-state index contributed by atoms with van der Waals surface area (Å²) in [6, 6.07) is 0.887. The molecule has 0 saturated carbocycles. The van der Waals surface area contributed by atoms with Crippen LogP contribution in [-0.2, 0) is 0 Å². The molecule has 0 amide bonds. The maximum atomic E-state index is 2.79. The van der Waals surface area contributed by atoms with Crippen molar-refractivity contribution in [1.82, 2.24) is 14.7 Å². The molecule has 20 heavy (non-hydrogen) atoms. The SMILES string of the molecule is CN1CCC(N2CC3(CCN(C(C)(C)C)CC3)C2)CC1. The Balaban J connectivity index is 1.46. The standard InChI is InChI=1S/C17H33N3/c1-16(2,3)20-11-7-17(8-12-20)13-19(14-17)15-5-9-18(4)10-6-15/h15H,5-14H2,1-4H3. The molecular weight excluding hydrogens is 246 g/mol. The van der Waals surface area contributed by atoms with Crippen LogP contribution >= 0.6 is 0 Å². The number of hydrogen-bond acceptors (Lipinski definition) is 3. The molecule has 3 heteroatoms. The van der Waals surface area contributed by atoms with Crippen molar-refractivity contribution < 1.29 is 0 Å². The van der Waals surface area contributed by atoms with Crippen molar-refractivity contribution in [3.05, 3.63) is 0 Å². The van der Waals surface area contributed by atoms with Crippen LogP contribution < -0.4 is 0 Å². The predicted octanol–water partition coefficient (Wildman–Crippen LogP) is 2.28. The molecule has 3 saturated heterocycles. The molecule has 0 aromatic heterocycles. The highest BCUT2D eigenvalue weighted by Gasteiger charge is 2.47. The minimum absolute atomic E-state index is 0.360. The first-order chi connectivity index (χ1) is 9.38. The third-order valence-electron chi connectivity index (χ3n) is 6.05. The molecular formula is C17H33N3. The third kappa shape index (κ3) is 2.90. The molecule has 0 radical (unpaired) electrons. The Morgan fingerprint density at radius 1 is 0.900 bits per heavy atom. The summed E-state index contributed by atoms with van der Waals surface area (Å²) in [4.78, 5) is 7.95. The van der Waals surface area contributed by atoms with Gasteiger partial charge in [-0.3, -0.25) is 9.80 Å². The van der Waals surface area contributed by atoms with E-state index in [9.17, 15) is 0 Å². The summed E-state index contributed by atoms with van der Waals surface area (Å²) in [7, 11) is 2.26. The fourth-order valence-corrected chi connectivity index (χ4v) is 4.40. The van der Waals surface area contributed by atoms with Crippen LogP contribution in [-0.4, -0.2) is 72.6 Å². The second kappa shape index (κ2) is 5.26. The Labute approximate surface area is 125 Å². The van der Waals surface area contributed by atoms with E-state index in [2.05, 4.69) is 42.5 Å². The van der Waals surface area contributed by atoms with Gasteiger partial charge in [-0.15, -0.1) is 0 Å². The van der Waals surface area contributed by atoms with Crippen LogP contribution in [0.25, 0.3) is 0 Å². The van der Waals surface area contributed by atoms with E-state index in [0.717, 1.165) is 6.04 Å². The van der Waals surface area contributed by atoms with Crippen molar-refractivity contribution in [3.63, 3.8) is 0 Å². The summed E-state index contributed by atoms with van der Waals surface area (Å²) in [6.45, 7) is 15.1. The van der Waals surface area contributed by atoms with Gasteiger partial charge in [-0.25, -0.2) is 0 Å². The lowest BCUT2D eigenvalue weighted by molar-refractivity contribution is -0.0891. The predicted molar refractivity (Wildman–Crippen MR) is 85.1 cm³/mol. The Morgan fingerprint density at radius 2 is 1.45 bits per heavy atom. The Hall–Kier alpha value is -0.120. The summed E-state index contributed by atoms with van der Waals surface area (Å²) < 4.78 is 0. The second-order valence-corrected chi connectivity index (χ2v) is 8.60. The van der Waals surface area contributed by atoms with Crippen molar-refractivity contribution in [2.45, 2.75) is 58.0 Å². The lowest BCUT2D eigenvalue weighted by Crippen LogP contribution is -2.65. The van der Waals surface area contributed by atoms with Gasteiger partial charge < -0.3 is 4.90 Å². The van der Waals surface area contributed by atoms with Gasteiger partial charge in [0.25, 0.3) is 0 Å². The van der Waals surface area contributed by atoms with Gasteiger partial charge in [0, 0.05) is 24.7 Å². The largest absolute Gasteiger partial charge is 0.306 e. The van der Waals surface area contributed by atoms with Gasteiger partial charge >= 0.3 is 0 Å². The summed E-state index contributed by atoms with van der Waals surface area (Å²) in [6.07, 6.45) is 5.63. The summed E-state index contributed by atoms with van der Waals surface area (Å²) >= 11 is 0. The molecule has 3 nitrogen and oxygen atoms in total. The van der Waals surface area contributed by atoms with Crippen LogP contribution in [0.5, 0.6) is 0 Å². The van der Waals surface area contributed by atoms with E-state index in [0.29, 0.717) is 11.0 Å². The van der Waals surface area contributed by atoms with Crippen molar-refractivity contribution in [2.75, 3.05) is 46.3 Å². The molecule has 3 aliphatic heterocycles. The topological polar surface area (TPSA) is 9.72 Å². The molecule has 3 fully saturated rings. The van der Waals surface area contributed by atoms with Crippen LogP contribution in [0, 0.1) is 5.41 Å². The monoisotopic (exact) mass is 279 g/mol. The Bertz CT molecular complexity index is 323. The van der Waals surface area contributed by atoms with E-state index in [1.807, 2.05) is 0 Å². The highest BCUT2D eigenvalue weighted by Crippen LogP contribution is 2.43. The zero-order valence-corrected chi connectivity index (χ0v) is 14.0. The van der Waals surface area contributed by atoms with Gasteiger partial charge in [-0.2, -0.15) is 0 Å². The second-order valence-electron chi connectivity index (χ2n) is 8.60. The molecule has 116 valence electrons. The van der Waals surface area contributed by atoms with Crippen LogP contribution in [0.15, 0.2) is 0 Å². The normalized spacial score (nSPS) is 30.6. The number of hydrogen-bond donors (Lipinski definition) is 0. The van der Waals surface area contributed by atoms with E-state index < -0.39 is 0 Å². The van der Waals surface area contributed by atoms with E-state index >= 15 is 0 Å². The van der Waals surface area contributed by atoms with E-state index in [1.54, 1.807) is 0 Å². The zero-order valence-electron chi connectivity index (χ0n) is 14.0. The fourth-order valence-electron chi connectivity index (χ4n) is 4.40. The van der Waals surface area contributed by atoms with Crippen molar-refractivity contribution in [2.24, 2.45) is 5.41 Å². The number of piperidine rings is 2. The van der Waals surface area contributed by atoms with Crippen LogP contribution in [0.3, 0.4) is 0 Å². The van der Waals surface area contributed by atoms with Gasteiger partial charge in [0.2, 0.25) is 0 Å². The van der Waals surface area contributed by atoms with Crippen molar-refractivity contribution in [1.29, 1.82) is 0 Å². The average Bonchev–Trinajstić information content (AvgIpc) is 2.36. The summed E-state index contributed by atoms with van der Waals surface area (Å²) in [5.41, 5.74) is 1.05. The maximum absolute atomic E-state index is 2.79. The lowest BCUT2D eigenvalue weighted by Gasteiger charge is -2.58. The highest BCUT2D eigenvalue weighted by atomic mass is 15.3. The van der Waals surface area contributed by atoms with Gasteiger partial charge in [0.1, 0.15) is 0 Å². The van der Waals surface area contributed by atoms with Crippen molar-refractivity contribution >= 4 is 0 Å². The maximum Gasteiger partial charge on any atom is 0.0125 e. The zero-order chi connectivity index (χ0) is 14.4. The van der Waals surface area contributed by atoms with E-state index in [-0.39, 0.29) is 0 Å². The first-order valence-corrected chi connectivity index (χ1v) is 8.56. The average molecular weight is 279 g/mol. The molecule has 3 aliphatic rings. The molecule has 1 spiro atoms. The van der Waals surface area contributed by atoms with E-state index in [1.165, 1.54) is 65.0 Å². The Morgan fingerprint density at radius 3 is 1.95 bits per heavy atom. The molecule has 0 unspecified atom stereocenters. The molecule has 0 aromatic carbocycles. The molecule has 0 aromatic rings. The smallest absolute Gasteiger partial charge is 0.0125 e. The molecule has 0 atom stereocenters. The quantitative estimate of drug-likeness (QED) is 0.729. The van der Waals surface area contributed by atoms with E-state index in [4.69, 9.17) is 0 Å². The first-order valence-electron chi connectivity index (χ1n) is 8.56. The molecule has 3 heterocycles. The molecule has 0 aliphatic carbocycles. The number of nitrogens with zero attached hydrogens (tertiary/aromatic N) is 3. The number of rotatable bonds is 1. The molecule has 0 N–H and O–H groups in total. The third-order valence-corrected chi connectivity index (χ3v) is 6.05. The number of likely N-dealkylation sites (tertiary alicyclic amines) is 3. The van der Waals surface area contributed by atoms with Gasteiger partial charge in [0.05, 0.1) is 0 Å². The minimum Gasteiger partial charge on any atom is -0.306 e. The summed E-state index contributed by atoms with van der Waals surface area (Å²) in [5.74, 6) is 0. The van der Waals surface area contributed by atoms with Gasteiger partial charge in [-0.05, 0) is 85.1 Å². The first kappa shape index (κ1) is 14.8. The molecule has 3 rings (SSSR count). The lowest BCUT2D eigenvalue weighted by atomic mass is 9.70. The van der Waals surface area contributed by atoms with Crippen LogP contribution in [0.4, 0.5) is 0 Å². The highest BCUT2D eigenvalue weighted by molar-refractivity contribution is 5.02. The van der Waals surface area contributed by atoms with Gasteiger partial charge in [0.15, 0.2) is 0 Å². The Kier molecular flexibility index (Phi) is 3.89.